The Morgan fingerprint density at radius 3 is 1.62 bits per heavy atom. The lowest BCUT2D eigenvalue weighted by Gasteiger charge is -2.17. The Hall–Kier alpha value is -5.14. The van der Waals surface area contributed by atoms with Crippen LogP contribution in [0, 0.1) is 0 Å². The Bertz CT molecular complexity index is 2620. The van der Waals surface area contributed by atoms with Gasteiger partial charge in [-0.15, -0.1) is 0 Å². The lowest BCUT2D eigenvalue weighted by atomic mass is 9.86. The average molecular weight is 507 g/mol. The van der Waals surface area contributed by atoms with Crippen LogP contribution in [0.1, 0.15) is 13.7 Å². The van der Waals surface area contributed by atoms with Gasteiger partial charge in [0.2, 0.25) is 0 Å². The first-order valence-electron chi connectivity index (χ1n) is 17.5. The monoisotopic (exact) mass is 506 g/mol. The van der Waals surface area contributed by atoms with Gasteiger partial charge in [-0.25, -0.2) is 0 Å². The van der Waals surface area contributed by atoms with E-state index in [1.165, 1.54) is 0 Å². The van der Waals surface area contributed by atoms with Crippen LogP contribution in [0.5, 0.6) is 0 Å². The molecule has 0 aliphatic rings. The molecule has 1 nitrogen and oxygen atoms in total. The van der Waals surface area contributed by atoms with Gasteiger partial charge in [0.25, 0.3) is 0 Å². The zero-order valence-electron chi connectivity index (χ0n) is 30.5. The molecule has 8 rings (SSSR count). The summed E-state index contributed by atoms with van der Waals surface area (Å²) in [4.78, 5) is 0. The van der Waals surface area contributed by atoms with Gasteiger partial charge in [0.1, 0.15) is 11.2 Å². The normalized spacial score (nSPS) is 15.2. The van der Waals surface area contributed by atoms with E-state index in [9.17, 15) is 0 Å². The summed E-state index contributed by atoms with van der Waals surface area (Å²) in [5, 5.41) is 4.43. The third-order valence-corrected chi connectivity index (χ3v) is 7.24. The third kappa shape index (κ3) is 3.41. The van der Waals surface area contributed by atoms with Crippen molar-refractivity contribution in [1.29, 1.82) is 0 Å². The molecule has 0 saturated carbocycles. The van der Waals surface area contributed by atoms with E-state index >= 15 is 0 Å². The van der Waals surface area contributed by atoms with Crippen LogP contribution in [0.2, 0.25) is 0 Å². The molecule has 0 N–H and O–H groups in total. The number of rotatable bonds is 3. The molecule has 8 aromatic rings. The SMILES string of the molecule is [2H]c1c([2H])c([2H])c(-c2c3ccccc3c(-c3ccc4c(c3)oc3cccc(-c5c([2H])c([2H])c([2H])c([2H])c5[2H])c34)c3ccccc23)c([2H])c1[2H]. The van der Waals surface area contributed by atoms with Crippen molar-refractivity contribution in [2.75, 3.05) is 0 Å². The predicted octanol–water partition coefficient (Wildman–Crippen LogP) is 10.9. The van der Waals surface area contributed by atoms with Crippen molar-refractivity contribution in [1.82, 2.24) is 0 Å². The summed E-state index contributed by atoms with van der Waals surface area (Å²) in [5.41, 5.74) is 3.99. The molecule has 1 heteroatoms. The van der Waals surface area contributed by atoms with E-state index in [1.54, 1.807) is 18.2 Å². The maximum atomic E-state index is 8.79. The standard InChI is InChI=1S/C38H24O/c1-3-12-25(13-4-1)28-20-11-21-34-38(28)33-23-22-27(24-35(33)39-34)37-31-18-9-7-16-29(31)36(26-14-5-2-6-15-26)30-17-8-10-19-32(30)37/h1-24H/i1D,2D,3D,4D,5D,6D,12D,13D,14D,15D. The van der Waals surface area contributed by atoms with Crippen molar-refractivity contribution in [3.8, 4) is 33.4 Å². The molecule has 0 bridgehead atoms. The molecule has 39 heavy (non-hydrogen) atoms. The van der Waals surface area contributed by atoms with E-state index in [0.29, 0.717) is 33.1 Å². The van der Waals surface area contributed by atoms with Gasteiger partial charge in [0.05, 0.1) is 13.7 Å². The Labute approximate surface area is 240 Å². The van der Waals surface area contributed by atoms with Crippen LogP contribution in [0.3, 0.4) is 0 Å². The summed E-state index contributed by atoms with van der Waals surface area (Å²) < 4.78 is 90.4. The van der Waals surface area contributed by atoms with Gasteiger partial charge in [-0.2, -0.15) is 0 Å². The molecule has 0 spiro atoms. The number of benzene rings is 7. The van der Waals surface area contributed by atoms with Gasteiger partial charge < -0.3 is 4.42 Å². The van der Waals surface area contributed by atoms with E-state index in [-0.39, 0.29) is 35.3 Å². The van der Waals surface area contributed by atoms with Crippen LogP contribution >= 0.6 is 0 Å². The quantitative estimate of drug-likeness (QED) is 0.217. The minimum atomic E-state index is -0.454. The Morgan fingerprint density at radius 2 is 1.00 bits per heavy atom. The van der Waals surface area contributed by atoms with Gasteiger partial charge in [-0.1, -0.05) is 127 Å². The molecular weight excluding hydrogens is 472 g/mol. The zero-order chi connectivity index (χ0) is 34.5. The maximum absolute atomic E-state index is 8.79. The van der Waals surface area contributed by atoms with E-state index < -0.39 is 36.3 Å². The fourth-order valence-electron chi connectivity index (χ4n) is 5.66. The molecule has 0 aliphatic heterocycles. The highest BCUT2D eigenvalue weighted by molar-refractivity contribution is 6.22. The summed E-state index contributed by atoms with van der Waals surface area (Å²) in [6.07, 6.45) is 0. The van der Waals surface area contributed by atoms with Crippen LogP contribution in [-0.4, -0.2) is 0 Å². The van der Waals surface area contributed by atoms with Crippen LogP contribution < -0.4 is 0 Å². The van der Waals surface area contributed by atoms with E-state index in [1.807, 2.05) is 66.7 Å². The Balaban J connectivity index is 1.43. The lowest BCUT2D eigenvalue weighted by molar-refractivity contribution is 0.669. The number of fused-ring (bicyclic) bond motifs is 5. The highest BCUT2D eigenvalue weighted by atomic mass is 16.3. The molecular formula is C38H24O. The molecule has 0 amide bonds. The van der Waals surface area contributed by atoms with Crippen LogP contribution in [0.4, 0.5) is 0 Å². The van der Waals surface area contributed by atoms with Crippen molar-refractivity contribution in [2.24, 2.45) is 0 Å². The molecule has 1 aromatic heterocycles. The Morgan fingerprint density at radius 1 is 0.436 bits per heavy atom. The predicted molar refractivity (Wildman–Crippen MR) is 165 cm³/mol. The molecule has 0 unspecified atom stereocenters. The number of hydrogen-bond donors (Lipinski definition) is 0. The first kappa shape index (κ1) is 14.1. The molecule has 0 aliphatic carbocycles. The van der Waals surface area contributed by atoms with Crippen molar-refractivity contribution in [2.45, 2.75) is 0 Å². The smallest absolute Gasteiger partial charge is 0.136 e. The first-order chi connectivity index (χ1) is 23.5. The molecule has 7 aromatic carbocycles. The summed E-state index contributed by atoms with van der Waals surface area (Å²) in [6, 6.07) is 22.6. The highest BCUT2D eigenvalue weighted by Gasteiger charge is 2.18. The van der Waals surface area contributed by atoms with Gasteiger partial charge >= 0.3 is 0 Å². The minimum absolute atomic E-state index is 0.101. The lowest BCUT2D eigenvalue weighted by Crippen LogP contribution is -1.90. The number of furan rings is 1. The molecule has 0 radical (unpaired) electrons. The highest BCUT2D eigenvalue weighted by Crippen LogP contribution is 2.45. The van der Waals surface area contributed by atoms with Crippen molar-refractivity contribution >= 4 is 43.5 Å². The second kappa shape index (κ2) is 8.72. The van der Waals surface area contributed by atoms with Gasteiger partial charge in [-0.3, -0.25) is 0 Å². The Kier molecular flexibility index (Phi) is 3.16. The van der Waals surface area contributed by atoms with Crippen LogP contribution in [0.15, 0.2) is 150 Å². The van der Waals surface area contributed by atoms with Crippen LogP contribution in [-0.2, 0) is 0 Å². The van der Waals surface area contributed by atoms with E-state index in [2.05, 4.69) is 0 Å². The van der Waals surface area contributed by atoms with Gasteiger partial charge in [0, 0.05) is 10.8 Å². The molecule has 182 valence electrons. The zero-order valence-corrected chi connectivity index (χ0v) is 20.5. The van der Waals surface area contributed by atoms with Gasteiger partial charge in [-0.05, 0) is 73.1 Å². The second-order valence-electron chi connectivity index (χ2n) is 9.33. The number of hydrogen-bond acceptors (Lipinski definition) is 1. The molecule has 0 atom stereocenters. The summed E-state index contributed by atoms with van der Waals surface area (Å²) >= 11 is 0. The minimum Gasteiger partial charge on any atom is -0.456 e. The van der Waals surface area contributed by atoms with E-state index in [0.717, 1.165) is 32.7 Å². The van der Waals surface area contributed by atoms with Crippen molar-refractivity contribution < 1.29 is 18.1 Å². The van der Waals surface area contributed by atoms with Crippen LogP contribution in [0.25, 0.3) is 76.9 Å². The summed E-state index contributed by atoms with van der Waals surface area (Å²) in [5.74, 6) is 0. The van der Waals surface area contributed by atoms with Crippen molar-refractivity contribution in [3.63, 3.8) is 0 Å². The molecule has 1 heterocycles. The third-order valence-electron chi connectivity index (χ3n) is 7.24. The maximum Gasteiger partial charge on any atom is 0.136 e. The fraction of sp³-hybridized carbons (Fsp3) is 0. The summed E-state index contributed by atoms with van der Waals surface area (Å²) in [7, 11) is 0. The topological polar surface area (TPSA) is 13.1 Å². The largest absolute Gasteiger partial charge is 0.456 e. The average Bonchev–Trinajstić information content (AvgIpc) is 3.50. The summed E-state index contributed by atoms with van der Waals surface area (Å²) in [6.45, 7) is 0. The first-order valence-corrected chi connectivity index (χ1v) is 12.5. The second-order valence-corrected chi connectivity index (χ2v) is 9.33. The molecule has 0 fully saturated rings. The van der Waals surface area contributed by atoms with Crippen molar-refractivity contribution in [3.05, 3.63) is 145 Å². The fourth-order valence-corrected chi connectivity index (χ4v) is 5.66. The molecule has 0 saturated heterocycles. The van der Waals surface area contributed by atoms with Gasteiger partial charge in [0.15, 0.2) is 0 Å². The van der Waals surface area contributed by atoms with E-state index in [4.69, 9.17) is 18.1 Å².